The van der Waals surface area contributed by atoms with Crippen molar-refractivity contribution in [1.82, 2.24) is 9.78 Å². The van der Waals surface area contributed by atoms with E-state index >= 15 is 0 Å². The lowest BCUT2D eigenvalue weighted by Crippen LogP contribution is -2.02. The molecule has 66 valence electrons. The number of rotatable bonds is 2. The van der Waals surface area contributed by atoms with E-state index < -0.39 is 0 Å². The second kappa shape index (κ2) is 2.51. The van der Waals surface area contributed by atoms with Gasteiger partial charge in [-0.2, -0.15) is 5.10 Å². The summed E-state index contributed by atoms with van der Waals surface area (Å²) in [6.45, 7) is 5.00. The molecule has 1 fully saturated rings. The van der Waals surface area contributed by atoms with Crippen LogP contribution in [-0.2, 0) is 6.54 Å². The summed E-state index contributed by atoms with van der Waals surface area (Å²) in [6, 6.07) is 0. The van der Waals surface area contributed by atoms with E-state index in [1.165, 1.54) is 18.4 Å². The Morgan fingerprint density at radius 3 is 2.67 bits per heavy atom. The molecule has 0 atom stereocenters. The number of aryl methyl sites for hydroxylation is 2. The largest absolute Gasteiger partial charge is 0.384 e. The van der Waals surface area contributed by atoms with E-state index in [9.17, 15) is 0 Å². The van der Waals surface area contributed by atoms with Crippen molar-refractivity contribution in [1.29, 1.82) is 0 Å². The van der Waals surface area contributed by atoms with Crippen LogP contribution in [0.15, 0.2) is 0 Å². The van der Waals surface area contributed by atoms with Gasteiger partial charge in [0.05, 0.1) is 5.69 Å². The quantitative estimate of drug-likeness (QED) is 0.724. The molecule has 0 spiro atoms. The van der Waals surface area contributed by atoms with Crippen molar-refractivity contribution in [3.8, 4) is 0 Å². The topological polar surface area (TPSA) is 43.8 Å². The van der Waals surface area contributed by atoms with Crippen molar-refractivity contribution in [3.05, 3.63) is 11.3 Å². The molecule has 1 heterocycles. The van der Waals surface area contributed by atoms with Crippen molar-refractivity contribution in [2.24, 2.45) is 0 Å². The summed E-state index contributed by atoms with van der Waals surface area (Å²) >= 11 is 0. The van der Waals surface area contributed by atoms with Crippen molar-refractivity contribution >= 4 is 5.82 Å². The van der Waals surface area contributed by atoms with E-state index in [-0.39, 0.29) is 0 Å². The molecular formula is C9H15N3. The van der Waals surface area contributed by atoms with Crippen LogP contribution < -0.4 is 5.73 Å². The minimum absolute atomic E-state index is 0.713. The second-order valence-corrected chi connectivity index (χ2v) is 3.47. The lowest BCUT2D eigenvalue weighted by atomic mass is 10.1. The first kappa shape index (κ1) is 7.65. The molecule has 3 nitrogen and oxygen atoms in total. The van der Waals surface area contributed by atoms with Gasteiger partial charge in [0.25, 0.3) is 0 Å². The number of anilines is 1. The van der Waals surface area contributed by atoms with Crippen LogP contribution in [0.3, 0.4) is 0 Å². The van der Waals surface area contributed by atoms with E-state index in [1.54, 1.807) is 0 Å². The second-order valence-electron chi connectivity index (χ2n) is 3.47. The highest BCUT2D eigenvalue weighted by Gasteiger charge is 2.29. The first-order chi connectivity index (χ1) is 5.74. The van der Waals surface area contributed by atoms with Gasteiger partial charge in [-0.05, 0) is 32.6 Å². The highest BCUT2D eigenvalue weighted by molar-refractivity contribution is 5.47. The number of hydrogen-bond donors (Lipinski definition) is 1. The van der Waals surface area contributed by atoms with Crippen LogP contribution in [0, 0.1) is 6.92 Å². The molecule has 0 bridgehead atoms. The zero-order valence-electron chi connectivity index (χ0n) is 7.67. The SMILES string of the molecule is CCn1nc(C)c(C2CC2)c1N. The molecular weight excluding hydrogens is 150 g/mol. The average molecular weight is 165 g/mol. The summed E-state index contributed by atoms with van der Waals surface area (Å²) in [7, 11) is 0. The predicted molar refractivity (Wildman–Crippen MR) is 49.0 cm³/mol. The maximum Gasteiger partial charge on any atom is 0.125 e. The monoisotopic (exact) mass is 165 g/mol. The molecule has 2 N–H and O–H groups in total. The normalized spacial score (nSPS) is 16.8. The van der Waals surface area contributed by atoms with Crippen molar-refractivity contribution in [2.75, 3.05) is 5.73 Å². The van der Waals surface area contributed by atoms with Crippen LogP contribution in [0.5, 0.6) is 0 Å². The Bertz CT molecular complexity index is 297. The molecule has 0 radical (unpaired) electrons. The molecule has 2 rings (SSSR count). The maximum atomic E-state index is 5.96. The minimum atomic E-state index is 0.713. The van der Waals surface area contributed by atoms with Crippen LogP contribution in [0.1, 0.15) is 36.9 Å². The fourth-order valence-electron chi connectivity index (χ4n) is 1.73. The first-order valence-corrected chi connectivity index (χ1v) is 4.56. The van der Waals surface area contributed by atoms with Gasteiger partial charge < -0.3 is 5.73 Å². The third kappa shape index (κ3) is 1.00. The van der Waals surface area contributed by atoms with Crippen molar-refractivity contribution in [3.63, 3.8) is 0 Å². The summed E-state index contributed by atoms with van der Waals surface area (Å²) in [4.78, 5) is 0. The van der Waals surface area contributed by atoms with Gasteiger partial charge in [-0.3, -0.25) is 0 Å². The molecule has 12 heavy (non-hydrogen) atoms. The Morgan fingerprint density at radius 2 is 2.25 bits per heavy atom. The Kier molecular flexibility index (Phi) is 1.60. The first-order valence-electron chi connectivity index (χ1n) is 4.56. The molecule has 0 aliphatic heterocycles. The van der Waals surface area contributed by atoms with Gasteiger partial charge in [-0.15, -0.1) is 0 Å². The molecule has 0 amide bonds. The van der Waals surface area contributed by atoms with E-state index in [0.717, 1.165) is 18.1 Å². The van der Waals surface area contributed by atoms with Crippen LogP contribution in [0.2, 0.25) is 0 Å². The average Bonchev–Trinajstić information content (AvgIpc) is 2.80. The number of aromatic nitrogens is 2. The minimum Gasteiger partial charge on any atom is -0.384 e. The molecule has 1 aromatic rings. The van der Waals surface area contributed by atoms with Crippen molar-refractivity contribution < 1.29 is 0 Å². The molecule has 1 aliphatic carbocycles. The molecule has 0 saturated heterocycles. The third-order valence-electron chi connectivity index (χ3n) is 2.50. The summed E-state index contributed by atoms with van der Waals surface area (Å²) in [5.41, 5.74) is 8.38. The third-order valence-corrected chi connectivity index (χ3v) is 2.50. The van der Waals surface area contributed by atoms with Crippen LogP contribution in [0.4, 0.5) is 5.82 Å². The van der Waals surface area contributed by atoms with Gasteiger partial charge in [0.15, 0.2) is 0 Å². The summed E-state index contributed by atoms with van der Waals surface area (Å²) in [5, 5.41) is 4.38. The predicted octanol–water partition coefficient (Wildman–Crippen LogP) is 1.67. The summed E-state index contributed by atoms with van der Waals surface area (Å²) in [5.74, 6) is 1.60. The molecule has 1 aliphatic rings. The number of nitrogens with two attached hydrogens (primary N) is 1. The smallest absolute Gasteiger partial charge is 0.125 e. The van der Waals surface area contributed by atoms with Crippen LogP contribution in [0.25, 0.3) is 0 Å². The standard InChI is InChI=1S/C9H15N3/c1-3-12-9(10)8(6(2)11-12)7-4-5-7/h7H,3-5,10H2,1-2H3. The van der Waals surface area contributed by atoms with E-state index in [4.69, 9.17) is 5.73 Å². The lowest BCUT2D eigenvalue weighted by molar-refractivity contribution is 0.663. The van der Waals surface area contributed by atoms with E-state index in [1.807, 2.05) is 4.68 Å². The van der Waals surface area contributed by atoms with Crippen molar-refractivity contribution in [2.45, 2.75) is 39.2 Å². The molecule has 0 aromatic carbocycles. The fourth-order valence-corrected chi connectivity index (χ4v) is 1.73. The van der Waals surface area contributed by atoms with Gasteiger partial charge >= 0.3 is 0 Å². The Labute approximate surface area is 72.6 Å². The van der Waals surface area contributed by atoms with Gasteiger partial charge in [-0.1, -0.05) is 0 Å². The highest BCUT2D eigenvalue weighted by Crippen LogP contribution is 2.44. The Hall–Kier alpha value is -0.990. The summed E-state index contributed by atoms with van der Waals surface area (Å²) in [6.07, 6.45) is 2.58. The van der Waals surface area contributed by atoms with E-state index in [0.29, 0.717) is 5.92 Å². The number of hydrogen-bond acceptors (Lipinski definition) is 2. The zero-order valence-corrected chi connectivity index (χ0v) is 7.67. The highest BCUT2D eigenvalue weighted by atomic mass is 15.3. The maximum absolute atomic E-state index is 5.96. The number of nitrogens with zero attached hydrogens (tertiary/aromatic N) is 2. The fraction of sp³-hybridized carbons (Fsp3) is 0.667. The lowest BCUT2D eigenvalue weighted by Gasteiger charge is -1.99. The van der Waals surface area contributed by atoms with Crippen LogP contribution >= 0.6 is 0 Å². The molecule has 1 aromatic heterocycles. The number of nitrogen functional groups attached to an aromatic ring is 1. The van der Waals surface area contributed by atoms with Gasteiger partial charge in [0.1, 0.15) is 5.82 Å². The molecule has 1 saturated carbocycles. The van der Waals surface area contributed by atoms with Crippen LogP contribution in [-0.4, -0.2) is 9.78 Å². The van der Waals surface area contributed by atoms with E-state index in [2.05, 4.69) is 18.9 Å². The molecule has 3 heteroatoms. The Morgan fingerprint density at radius 1 is 1.58 bits per heavy atom. The zero-order chi connectivity index (χ0) is 8.72. The van der Waals surface area contributed by atoms with Gasteiger partial charge in [0, 0.05) is 12.1 Å². The Balaban J connectivity index is 2.44. The van der Waals surface area contributed by atoms with Gasteiger partial charge in [-0.25, -0.2) is 4.68 Å². The van der Waals surface area contributed by atoms with Gasteiger partial charge in [0.2, 0.25) is 0 Å². The summed E-state index contributed by atoms with van der Waals surface area (Å²) < 4.78 is 1.89. The molecule has 0 unspecified atom stereocenters.